The first-order valence-electron chi connectivity index (χ1n) is 9.83. The second kappa shape index (κ2) is 7.68. The second-order valence-corrected chi connectivity index (χ2v) is 12.9. The monoisotopic (exact) mass is 418 g/mol. The molecular formula is C18H27BrO4Si. The van der Waals surface area contributed by atoms with E-state index < -0.39 is 39.4 Å². The van der Waals surface area contributed by atoms with Crippen LogP contribution < -0.4 is 0 Å². The molecule has 0 spiro atoms. The van der Waals surface area contributed by atoms with Crippen molar-refractivity contribution in [1.82, 2.24) is 0 Å². The highest BCUT2D eigenvalue weighted by atomic mass is 79.9. The molecule has 0 amide bonds. The maximum Gasteiger partial charge on any atom is 0.308 e. The highest BCUT2D eigenvalue weighted by Crippen LogP contribution is 2.39. The Kier molecular flexibility index (Phi) is 4.63. The summed E-state index contributed by atoms with van der Waals surface area (Å²) in [6.07, 6.45) is -5.39. The molecule has 2 atom stereocenters. The van der Waals surface area contributed by atoms with E-state index >= 15 is 0 Å². The first-order valence-corrected chi connectivity index (χ1v) is 11.5. The molecule has 1 aliphatic rings. The molecule has 1 aromatic carbocycles. The van der Waals surface area contributed by atoms with E-state index in [1.54, 1.807) is 24.3 Å². The molecule has 0 bridgehead atoms. The highest BCUT2D eigenvalue weighted by Gasteiger charge is 2.44. The predicted octanol–water partition coefficient (Wildman–Crippen LogP) is 4.67. The Morgan fingerprint density at radius 1 is 1.38 bits per heavy atom. The molecule has 0 N–H and O–H groups in total. The van der Waals surface area contributed by atoms with Gasteiger partial charge in [-0.2, -0.15) is 0 Å². The largest absolute Gasteiger partial charge is 0.457 e. The number of esters is 1. The molecule has 24 heavy (non-hydrogen) atoms. The Balaban J connectivity index is 2.30. The number of benzene rings is 1. The van der Waals surface area contributed by atoms with E-state index in [4.69, 9.17) is 19.4 Å². The molecule has 0 aromatic heterocycles. The third kappa shape index (κ3) is 5.15. The number of ether oxygens (including phenoxy) is 2. The lowest BCUT2D eigenvalue weighted by molar-refractivity contribution is -0.144. The lowest BCUT2D eigenvalue weighted by Gasteiger charge is -2.38. The summed E-state index contributed by atoms with van der Waals surface area (Å²) in [6, 6.07) is 7.07. The van der Waals surface area contributed by atoms with Crippen LogP contribution in [0.5, 0.6) is 0 Å². The molecule has 0 saturated carbocycles. The average molecular weight is 419 g/mol. The molecular weight excluding hydrogens is 388 g/mol. The Bertz CT molecular complexity index is 738. The molecule has 1 fully saturated rings. The summed E-state index contributed by atoms with van der Waals surface area (Å²) < 4.78 is 51.2. The number of hydrogen-bond donors (Lipinski definition) is 0. The molecule has 1 aromatic rings. The van der Waals surface area contributed by atoms with Crippen molar-refractivity contribution in [2.24, 2.45) is 0 Å². The van der Waals surface area contributed by atoms with E-state index in [-0.39, 0.29) is 11.6 Å². The van der Waals surface area contributed by atoms with Gasteiger partial charge in [0.1, 0.15) is 0 Å². The Morgan fingerprint density at radius 2 is 2.00 bits per heavy atom. The second-order valence-electron chi connectivity index (χ2n) is 7.28. The van der Waals surface area contributed by atoms with Crippen LogP contribution in [0.1, 0.15) is 38.2 Å². The van der Waals surface area contributed by atoms with Crippen molar-refractivity contribution in [3.8, 4) is 0 Å². The summed E-state index contributed by atoms with van der Waals surface area (Å²) >= 11 is 3.32. The third-order valence-corrected chi connectivity index (χ3v) is 9.17. The summed E-state index contributed by atoms with van der Waals surface area (Å²) in [5.74, 6) is -0.847. The normalized spacial score (nSPS) is 31.0. The zero-order valence-corrected chi connectivity index (χ0v) is 17.3. The van der Waals surface area contributed by atoms with E-state index in [2.05, 4.69) is 15.9 Å². The van der Waals surface area contributed by atoms with Crippen LogP contribution in [0.25, 0.3) is 0 Å². The van der Waals surface area contributed by atoms with Gasteiger partial charge in [-0.1, -0.05) is 48.8 Å². The van der Waals surface area contributed by atoms with Gasteiger partial charge in [-0.05, 0) is 35.8 Å². The highest BCUT2D eigenvalue weighted by molar-refractivity contribution is 9.10. The summed E-state index contributed by atoms with van der Waals surface area (Å²) in [4.78, 5) is 12.0. The molecule has 6 heteroatoms. The number of cyclic esters (lactones) is 1. The van der Waals surface area contributed by atoms with Gasteiger partial charge >= 0.3 is 5.97 Å². The lowest BCUT2D eigenvalue weighted by atomic mass is 10.2. The van der Waals surface area contributed by atoms with Gasteiger partial charge in [0.25, 0.3) is 0 Å². The molecule has 134 valence electrons. The van der Waals surface area contributed by atoms with Crippen LogP contribution in [-0.2, 0) is 25.3 Å². The third-order valence-electron chi connectivity index (χ3n) is 4.28. The van der Waals surface area contributed by atoms with Crippen LogP contribution in [0, 0.1) is 0 Å². The van der Waals surface area contributed by atoms with Crippen LogP contribution in [0.15, 0.2) is 28.7 Å². The van der Waals surface area contributed by atoms with Gasteiger partial charge in [0.15, 0.2) is 14.4 Å². The summed E-state index contributed by atoms with van der Waals surface area (Å²) in [5.41, 5.74) is 0.681. The molecule has 1 aliphatic heterocycles. The number of rotatable bonds is 6. The maximum atomic E-state index is 12.0. The van der Waals surface area contributed by atoms with Crippen molar-refractivity contribution in [2.45, 2.75) is 64.1 Å². The number of carbonyl (C=O) groups excluding carboxylic acids is 1. The van der Waals surface area contributed by atoms with Crippen LogP contribution in [0.2, 0.25) is 18.1 Å². The van der Waals surface area contributed by atoms with E-state index in [9.17, 15) is 4.79 Å². The fraction of sp³-hybridized carbons (Fsp3) is 0.611. The zero-order chi connectivity index (χ0) is 21.6. The summed E-state index contributed by atoms with van der Waals surface area (Å²) in [6.45, 7) is 6.75. The maximum absolute atomic E-state index is 12.0. The lowest BCUT2D eigenvalue weighted by Crippen LogP contribution is -2.46. The quantitative estimate of drug-likeness (QED) is 0.497. The predicted molar refractivity (Wildman–Crippen MR) is 100 cm³/mol. The molecule has 0 radical (unpaired) electrons. The van der Waals surface area contributed by atoms with Gasteiger partial charge in [-0.3, -0.25) is 4.79 Å². The fourth-order valence-electron chi connectivity index (χ4n) is 1.81. The van der Waals surface area contributed by atoms with Crippen LogP contribution in [0.3, 0.4) is 0 Å². The van der Waals surface area contributed by atoms with Crippen molar-refractivity contribution >= 4 is 30.2 Å². The number of hydrogen-bond acceptors (Lipinski definition) is 4. The summed E-state index contributed by atoms with van der Waals surface area (Å²) in [5, 5.41) is -0.293. The van der Waals surface area contributed by atoms with Gasteiger partial charge in [0.05, 0.1) is 31.1 Å². The average Bonchev–Trinajstić information content (AvgIpc) is 2.75. The molecule has 0 unspecified atom stereocenters. The molecule has 4 nitrogen and oxygen atoms in total. The van der Waals surface area contributed by atoms with E-state index in [0.29, 0.717) is 5.56 Å². The van der Waals surface area contributed by atoms with Crippen molar-refractivity contribution < 1.29 is 24.2 Å². The van der Waals surface area contributed by atoms with Crippen LogP contribution in [0.4, 0.5) is 0 Å². The minimum atomic E-state index is -2.75. The van der Waals surface area contributed by atoms with Crippen LogP contribution >= 0.6 is 15.9 Å². The van der Waals surface area contributed by atoms with Crippen molar-refractivity contribution in [3.63, 3.8) is 0 Å². The Labute approximate surface area is 159 Å². The zero-order valence-electron chi connectivity index (χ0n) is 18.7. The number of carbonyl (C=O) groups is 1. The first-order chi connectivity index (χ1) is 12.5. The topological polar surface area (TPSA) is 44.8 Å². The van der Waals surface area contributed by atoms with Gasteiger partial charge < -0.3 is 13.9 Å². The number of halogens is 1. The first kappa shape index (κ1) is 14.5. The van der Waals surface area contributed by atoms with Gasteiger partial charge in [0, 0.05) is 4.47 Å². The van der Waals surface area contributed by atoms with E-state index in [1.165, 1.54) is 0 Å². The standard InChI is InChI=1S/C18H27BrO4Si/c1-18(2,3)24(4,5)23-15-10-17(20)22-16(15)12-21-11-13-6-8-14(19)9-7-13/h6-9,15-16H,10-12H2,1-5H3/t15-,16+/m0/s1/i12D2,15D,16D. The smallest absolute Gasteiger partial charge is 0.308 e. The van der Waals surface area contributed by atoms with E-state index in [0.717, 1.165) is 4.47 Å². The SMILES string of the molecule is [2H]C([2H])(OCc1ccc(Br)cc1)[C@@]1([2H])OC(=O)C[C@]1([2H])O[Si](C)(C)C(C)(C)C. The minimum Gasteiger partial charge on any atom is -0.457 e. The minimum absolute atomic E-state index is 0.144. The Hall–Kier alpha value is -0.693. The van der Waals surface area contributed by atoms with Crippen molar-refractivity contribution in [3.05, 3.63) is 34.3 Å². The molecule has 0 aliphatic carbocycles. The van der Waals surface area contributed by atoms with Gasteiger partial charge in [0.2, 0.25) is 0 Å². The Morgan fingerprint density at radius 3 is 2.58 bits per heavy atom. The van der Waals surface area contributed by atoms with Crippen LogP contribution in [-0.4, -0.2) is 33.0 Å². The summed E-state index contributed by atoms with van der Waals surface area (Å²) in [7, 11) is -2.60. The molecule has 1 saturated heterocycles. The van der Waals surface area contributed by atoms with Crippen molar-refractivity contribution in [2.75, 3.05) is 6.56 Å². The molecule has 2 rings (SSSR count). The van der Waals surface area contributed by atoms with Crippen molar-refractivity contribution in [1.29, 1.82) is 0 Å². The van der Waals surface area contributed by atoms with Gasteiger partial charge in [-0.15, -0.1) is 0 Å². The molecule has 1 heterocycles. The van der Waals surface area contributed by atoms with E-state index in [1.807, 2.05) is 33.9 Å². The van der Waals surface area contributed by atoms with Gasteiger partial charge in [-0.25, -0.2) is 0 Å². The fourth-order valence-corrected chi connectivity index (χ4v) is 3.16.